The summed E-state index contributed by atoms with van der Waals surface area (Å²) in [4.78, 5) is 4.55. The lowest BCUT2D eigenvalue weighted by molar-refractivity contribution is 0.528. The predicted molar refractivity (Wildman–Crippen MR) is 91.7 cm³/mol. The van der Waals surface area contributed by atoms with Gasteiger partial charge in [0, 0.05) is 10.9 Å². The van der Waals surface area contributed by atoms with Crippen LogP contribution in [0, 0.1) is 20.8 Å². The van der Waals surface area contributed by atoms with Gasteiger partial charge in [-0.2, -0.15) is 5.10 Å². The van der Waals surface area contributed by atoms with Crippen molar-refractivity contribution < 1.29 is 4.42 Å². The summed E-state index contributed by atoms with van der Waals surface area (Å²) >= 11 is 1.53. The van der Waals surface area contributed by atoms with Gasteiger partial charge in [0.2, 0.25) is 5.13 Å². The molecule has 1 N–H and O–H groups in total. The van der Waals surface area contributed by atoms with E-state index in [0.717, 1.165) is 27.9 Å². The van der Waals surface area contributed by atoms with Crippen LogP contribution in [0.4, 0.5) is 5.13 Å². The number of anilines is 1. The number of hydrogen-bond donors (Lipinski definition) is 1. The SMILES string of the molecule is Cc1ccc(/C=N\Nc2nc(-c3ccc(C)c(C)c3)cs2)o1. The summed E-state index contributed by atoms with van der Waals surface area (Å²) in [5.74, 6) is 1.59. The highest BCUT2D eigenvalue weighted by Crippen LogP contribution is 2.26. The van der Waals surface area contributed by atoms with E-state index in [1.807, 2.05) is 24.4 Å². The van der Waals surface area contributed by atoms with Crippen LogP contribution in [0.3, 0.4) is 0 Å². The van der Waals surface area contributed by atoms with Crippen LogP contribution in [0.2, 0.25) is 0 Å². The van der Waals surface area contributed by atoms with Crippen LogP contribution in [-0.2, 0) is 0 Å². The maximum Gasteiger partial charge on any atom is 0.203 e. The van der Waals surface area contributed by atoms with Gasteiger partial charge in [0.25, 0.3) is 0 Å². The Labute approximate surface area is 133 Å². The van der Waals surface area contributed by atoms with Crippen molar-refractivity contribution in [1.29, 1.82) is 0 Å². The Hall–Kier alpha value is -2.40. The van der Waals surface area contributed by atoms with Crippen molar-refractivity contribution in [2.75, 3.05) is 5.43 Å². The van der Waals surface area contributed by atoms with E-state index in [9.17, 15) is 0 Å². The zero-order valence-electron chi connectivity index (χ0n) is 12.8. The maximum atomic E-state index is 5.41. The van der Waals surface area contributed by atoms with Crippen LogP contribution < -0.4 is 5.43 Å². The molecule has 0 amide bonds. The molecule has 0 atom stereocenters. The van der Waals surface area contributed by atoms with E-state index in [-0.39, 0.29) is 0 Å². The van der Waals surface area contributed by atoms with Crippen molar-refractivity contribution >= 4 is 22.7 Å². The van der Waals surface area contributed by atoms with Crippen molar-refractivity contribution in [3.05, 3.63) is 58.4 Å². The first-order valence-corrected chi connectivity index (χ1v) is 7.88. The van der Waals surface area contributed by atoms with E-state index in [1.54, 1.807) is 6.21 Å². The Morgan fingerprint density at radius 2 is 2.00 bits per heavy atom. The molecule has 3 aromatic rings. The largest absolute Gasteiger partial charge is 0.460 e. The molecular formula is C17H17N3OS. The molecule has 4 nitrogen and oxygen atoms in total. The average Bonchev–Trinajstić information content (AvgIpc) is 3.11. The molecule has 1 aromatic carbocycles. The number of aryl methyl sites for hydroxylation is 3. The number of benzene rings is 1. The number of furan rings is 1. The fourth-order valence-electron chi connectivity index (χ4n) is 2.03. The van der Waals surface area contributed by atoms with Gasteiger partial charge < -0.3 is 4.42 Å². The lowest BCUT2D eigenvalue weighted by atomic mass is 10.1. The monoisotopic (exact) mass is 311 g/mol. The summed E-state index contributed by atoms with van der Waals surface area (Å²) < 4.78 is 5.41. The van der Waals surface area contributed by atoms with Crippen LogP contribution in [0.25, 0.3) is 11.3 Å². The molecule has 2 aromatic heterocycles. The molecule has 0 radical (unpaired) electrons. The first-order chi connectivity index (χ1) is 10.6. The Balaban J connectivity index is 1.70. The van der Waals surface area contributed by atoms with Crippen LogP contribution in [-0.4, -0.2) is 11.2 Å². The summed E-state index contributed by atoms with van der Waals surface area (Å²) in [6.45, 7) is 6.12. The molecule has 0 aliphatic carbocycles. The molecule has 0 aliphatic rings. The molecule has 0 spiro atoms. The maximum absolute atomic E-state index is 5.41. The minimum atomic E-state index is 0.718. The molecule has 5 heteroatoms. The van der Waals surface area contributed by atoms with Gasteiger partial charge in [-0.05, 0) is 50.1 Å². The van der Waals surface area contributed by atoms with Crippen molar-refractivity contribution in [2.24, 2.45) is 5.10 Å². The summed E-state index contributed by atoms with van der Waals surface area (Å²) in [6.07, 6.45) is 1.64. The first kappa shape index (κ1) is 14.5. The molecule has 22 heavy (non-hydrogen) atoms. The smallest absolute Gasteiger partial charge is 0.203 e. The van der Waals surface area contributed by atoms with Crippen LogP contribution >= 0.6 is 11.3 Å². The van der Waals surface area contributed by atoms with Gasteiger partial charge in [-0.3, -0.25) is 5.43 Å². The molecule has 0 aliphatic heterocycles. The molecule has 112 valence electrons. The Bertz CT molecular complexity index is 817. The fraction of sp³-hybridized carbons (Fsp3) is 0.176. The third kappa shape index (κ3) is 3.26. The van der Waals surface area contributed by atoms with E-state index in [1.165, 1.54) is 22.5 Å². The summed E-state index contributed by atoms with van der Waals surface area (Å²) in [7, 11) is 0. The lowest BCUT2D eigenvalue weighted by Gasteiger charge is -2.02. The van der Waals surface area contributed by atoms with Crippen molar-refractivity contribution in [2.45, 2.75) is 20.8 Å². The number of thiazole rings is 1. The van der Waals surface area contributed by atoms with Crippen molar-refractivity contribution in [3.8, 4) is 11.3 Å². The number of rotatable bonds is 4. The van der Waals surface area contributed by atoms with Crippen molar-refractivity contribution in [3.63, 3.8) is 0 Å². The fourth-order valence-corrected chi connectivity index (χ4v) is 2.70. The zero-order valence-corrected chi connectivity index (χ0v) is 13.6. The standard InChI is InChI=1S/C17H17N3OS/c1-11-4-6-14(8-12(11)2)16-10-22-17(19-16)20-18-9-15-7-5-13(3)21-15/h4-10H,1-3H3,(H,19,20)/b18-9-. The normalized spacial score (nSPS) is 11.2. The number of nitrogens with zero attached hydrogens (tertiary/aromatic N) is 2. The van der Waals surface area contributed by atoms with E-state index >= 15 is 0 Å². The summed E-state index contributed by atoms with van der Waals surface area (Å²) in [5.41, 5.74) is 7.57. The number of hydrogen-bond acceptors (Lipinski definition) is 5. The highest BCUT2D eigenvalue weighted by atomic mass is 32.1. The average molecular weight is 311 g/mol. The van der Waals surface area contributed by atoms with Gasteiger partial charge in [0.15, 0.2) is 0 Å². The third-order valence-corrected chi connectivity index (χ3v) is 4.17. The van der Waals surface area contributed by atoms with E-state index in [2.05, 4.69) is 47.6 Å². The lowest BCUT2D eigenvalue weighted by Crippen LogP contribution is -1.89. The first-order valence-electron chi connectivity index (χ1n) is 7.00. The molecule has 0 bridgehead atoms. The van der Waals surface area contributed by atoms with Gasteiger partial charge in [-0.15, -0.1) is 11.3 Å². The topological polar surface area (TPSA) is 50.4 Å². The Morgan fingerprint density at radius 3 is 2.73 bits per heavy atom. The highest BCUT2D eigenvalue weighted by molar-refractivity contribution is 7.14. The molecule has 0 fully saturated rings. The number of aromatic nitrogens is 1. The Morgan fingerprint density at radius 1 is 1.14 bits per heavy atom. The van der Waals surface area contributed by atoms with Gasteiger partial charge in [0.05, 0.1) is 11.9 Å². The summed E-state index contributed by atoms with van der Waals surface area (Å²) in [6, 6.07) is 10.2. The molecule has 0 unspecified atom stereocenters. The second-order valence-electron chi connectivity index (χ2n) is 5.16. The molecule has 0 saturated carbocycles. The van der Waals surface area contributed by atoms with Gasteiger partial charge in [-0.1, -0.05) is 12.1 Å². The summed E-state index contributed by atoms with van der Waals surface area (Å²) in [5, 5.41) is 6.93. The van der Waals surface area contributed by atoms with E-state index in [0.29, 0.717) is 0 Å². The predicted octanol–water partition coefficient (Wildman–Crippen LogP) is 4.77. The molecule has 3 rings (SSSR count). The third-order valence-electron chi connectivity index (χ3n) is 3.42. The minimum absolute atomic E-state index is 0.718. The molecule has 0 saturated heterocycles. The van der Waals surface area contributed by atoms with Crippen LogP contribution in [0.15, 0.2) is 45.2 Å². The number of nitrogens with one attached hydrogen (secondary N) is 1. The number of hydrazone groups is 1. The molecule has 2 heterocycles. The van der Waals surface area contributed by atoms with Crippen LogP contribution in [0.1, 0.15) is 22.6 Å². The second-order valence-corrected chi connectivity index (χ2v) is 6.01. The van der Waals surface area contributed by atoms with Gasteiger partial charge >= 0.3 is 0 Å². The van der Waals surface area contributed by atoms with E-state index in [4.69, 9.17) is 4.42 Å². The quantitative estimate of drug-likeness (QED) is 0.557. The minimum Gasteiger partial charge on any atom is -0.460 e. The molecular weight excluding hydrogens is 294 g/mol. The van der Waals surface area contributed by atoms with E-state index < -0.39 is 0 Å². The van der Waals surface area contributed by atoms with Crippen LogP contribution in [0.5, 0.6) is 0 Å². The van der Waals surface area contributed by atoms with Gasteiger partial charge in [-0.25, -0.2) is 4.98 Å². The second kappa shape index (κ2) is 6.15. The van der Waals surface area contributed by atoms with Crippen molar-refractivity contribution in [1.82, 2.24) is 4.98 Å². The Kier molecular flexibility index (Phi) is 4.06. The highest BCUT2D eigenvalue weighted by Gasteiger charge is 2.05. The van der Waals surface area contributed by atoms with Gasteiger partial charge in [0.1, 0.15) is 11.5 Å². The zero-order chi connectivity index (χ0) is 15.5.